The van der Waals surface area contributed by atoms with E-state index in [1.165, 1.54) is 5.56 Å². The fourth-order valence-corrected chi connectivity index (χ4v) is 3.69. The van der Waals surface area contributed by atoms with Crippen molar-refractivity contribution in [2.24, 2.45) is 0 Å². The minimum atomic E-state index is -0.151. The molecule has 24 heavy (non-hydrogen) atoms. The van der Waals surface area contributed by atoms with Gasteiger partial charge in [-0.15, -0.1) is 0 Å². The van der Waals surface area contributed by atoms with Crippen LogP contribution in [-0.2, 0) is 13.1 Å². The quantitative estimate of drug-likeness (QED) is 0.870. The summed E-state index contributed by atoms with van der Waals surface area (Å²) in [6.45, 7) is 5.94. The number of para-hydroxylation sites is 1. The summed E-state index contributed by atoms with van der Waals surface area (Å²) >= 11 is 0. The Labute approximate surface area is 143 Å². The third-order valence-corrected chi connectivity index (χ3v) is 5.08. The topological polar surface area (TPSA) is 43.2 Å². The summed E-state index contributed by atoms with van der Waals surface area (Å²) in [5.41, 5.74) is 1.03. The highest BCUT2D eigenvalue weighted by Gasteiger charge is 2.34. The van der Waals surface area contributed by atoms with E-state index in [0.29, 0.717) is 0 Å². The van der Waals surface area contributed by atoms with Gasteiger partial charge in [0, 0.05) is 25.1 Å². The third-order valence-electron chi connectivity index (χ3n) is 5.08. The van der Waals surface area contributed by atoms with Crippen LogP contribution in [0.15, 0.2) is 36.7 Å². The SMILES string of the molecule is CCn1ncnc1CN1CCCC2(C=Cc3ccccc3O2)CC1. The molecule has 1 aromatic carbocycles. The maximum atomic E-state index is 6.42. The van der Waals surface area contributed by atoms with Gasteiger partial charge in [-0.2, -0.15) is 5.10 Å². The second-order valence-corrected chi connectivity index (χ2v) is 6.66. The van der Waals surface area contributed by atoms with Crippen LogP contribution in [0.5, 0.6) is 5.75 Å². The summed E-state index contributed by atoms with van der Waals surface area (Å²) in [6, 6.07) is 8.29. The van der Waals surface area contributed by atoms with Gasteiger partial charge in [-0.1, -0.05) is 24.3 Å². The molecule has 1 unspecified atom stereocenters. The van der Waals surface area contributed by atoms with Crippen LogP contribution in [0.2, 0.25) is 0 Å². The van der Waals surface area contributed by atoms with Gasteiger partial charge in [-0.25, -0.2) is 9.67 Å². The van der Waals surface area contributed by atoms with Crippen molar-refractivity contribution in [1.82, 2.24) is 19.7 Å². The van der Waals surface area contributed by atoms with E-state index in [2.05, 4.69) is 52.3 Å². The van der Waals surface area contributed by atoms with Gasteiger partial charge in [-0.3, -0.25) is 4.90 Å². The smallest absolute Gasteiger partial charge is 0.140 e. The lowest BCUT2D eigenvalue weighted by atomic mass is 9.91. The van der Waals surface area contributed by atoms with Gasteiger partial charge >= 0.3 is 0 Å². The lowest BCUT2D eigenvalue weighted by Crippen LogP contribution is -2.37. The molecule has 5 heteroatoms. The number of ether oxygens (including phenoxy) is 1. The van der Waals surface area contributed by atoms with Crippen LogP contribution >= 0.6 is 0 Å². The van der Waals surface area contributed by atoms with E-state index in [1.54, 1.807) is 6.33 Å². The number of likely N-dealkylation sites (tertiary alicyclic amines) is 1. The van der Waals surface area contributed by atoms with Crippen LogP contribution in [0, 0.1) is 0 Å². The molecule has 0 radical (unpaired) electrons. The number of hydrogen-bond acceptors (Lipinski definition) is 4. The zero-order chi connectivity index (χ0) is 16.4. The zero-order valence-corrected chi connectivity index (χ0v) is 14.2. The molecule has 2 aromatic rings. The average Bonchev–Trinajstić information content (AvgIpc) is 2.98. The van der Waals surface area contributed by atoms with Crippen LogP contribution in [0.3, 0.4) is 0 Å². The zero-order valence-electron chi connectivity index (χ0n) is 14.2. The first-order valence-corrected chi connectivity index (χ1v) is 8.84. The van der Waals surface area contributed by atoms with Crippen LogP contribution in [-0.4, -0.2) is 38.4 Å². The maximum absolute atomic E-state index is 6.42. The second-order valence-electron chi connectivity index (χ2n) is 6.66. The lowest BCUT2D eigenvalue weighted by Gasteiger charge is -2.34. The fraction of sp³-hybridized carbons (Fsp3) is 0.474. The van der Waals surface area contributed by atoms with Crippen molar-refractivity contribution in [3.63, 3.8) is 0 Å². The van der Waals surface area contributed by atoms with E-state index < -0.39 is 0 Å². The highest BCUT2D eigenvalue weighted by molar-refractivity contribution is 5.60. The standard InChI is InChI=1S/C19H24N4O/c1-2-23-18(20-15-21-23)14-22-12-5-9-19(11-13-22)10-8-16-6-3-4-7-17(16)24-19/h3-4,6-8,10,15H,2,5,9,11-14H2,1H3. The van der Waals surface area contributed by atoms with Crippen LogP contribution in [0.4, 0.5) is 0 Å². The maximum Gasteiger partial charge on any atom is 0.140 e. The van der Waals surface area contributed by atoms with Crippen molar-refractivity contribution in [2.75, 3.05) is 13.1 Å². The first-order valence-electron chi connectivity index (χ1n) is 8.84. The summed E-state index contributed by atoms with van der Waals surface area (Å²) < 4.78 is 8.40. The molecule has 4 rings (SSSR count). The van der Waals surface area contributed by atoms with Crippen LogP contribution in [0.1, 0.15) is 37.6 Å². The minimum Gasteiger partial charge on any atom is -0.483 e. The van der Waals surface area contributed by atoms with Crippen molar-refractivity contribution >= 4 is 6.08 Å². The molecule has 1 saturated heterocycles. The van der Waals surface area contributed by atoms with Crippen LogP contribution < -0.4 is 4.74 Å². The monoisotopic (exact) mass is 324 g/mol. The van der Waals surface area contributed by atoms with E-state index >= 15 is 0 Å². The summed E-state index contributed by atoms with van der Waals surface area (Å²) in [4.78, 5) is 6.89. The molecule has 0 aliphatic carbocycles. The van der Waals surface area contributed by atoms with E-state index in [-0.39, 0.29) is 5.60 Å². The number of nitrogens with zero attached hydrogens (tertiary/aromatic N) is 4. The summed E-state index contributed by atoms with van der Waals surface area (Å²) in [5.74, 6) is 2.07. The van der Waals surface area contributed by atoms with Crippen molar-refractivity contribution < 1.29 is 4.74 Å². The van der Waals surface area contributed by atoms with Crippen LogP contribution in [0.25, 0.3) is 6.08 Å². The molecule has 0 bridgehead atoms. The Bertz CT molecular complexity index is 738. The molecular weight excluding hydrogens is 300 g/mol. The van der Waals surface area contributed by atoms with Gasteiger partial charge in [-0.05, 0) is 38.5 Å². The van der Waals surface area contributed by atoms with E-state index in [4.69, 9.17) is 4.74 Å². The number of fused-ring (bicyclic) bond motifs is 1. The van der Waals surface area contributed by atoms with Crippen molar-refractivity contribution in [3.05, 3.63) is 48.1 Å². The van der Waals surface area contributed by atoms with Crippen molar-refractivity contribution in [2.45, 2.75) is 44.9 Å². The van der Waals surface area contributed by atoms with E-state index in [0.717, 1.165) is 57.0 Å². The first kappa shape index (κ1) is 15.4. The lowest BCUT2D eigenvalue weighted by molar-refractivity contribution is 0.0988. The Morgan fingerprint density at radius 2 is 2.12 bits per heavy atom. The number of benzene rings is 1. The molecule has 2 aliphatic heterocycles. The average molecular weight is 324 g/mol. The van der Waals surface area contributed by atoms with E-state index in [9.17, 15) is 0 Å². The Morgan fingerprint density at radius 1 is 1.21 bits per heavy atom. The molecule has 2 aliphatic rings. The molecule has 3 heterocycles. The van der Waals surface area contributed by atoms with Crippen molar-refractivity contribution in [1.29, 1.82) is 0 Å². The molecule has 1 atom stereocenters. The molecule has 0 amide bonds. The Morgan fingerprint density at radius 3 is 3.04 bits per heavy atom. The molecular formula is C19H24N4O. The van der Waals surface area contributed by atoms with Gasteiger partial charge < -0.3 is 4.74 Å². The predicted octanol–water partition coefficient (Wildman–Crippen LogP) is 3.13. The normalized spacial score (nSPS) is 23.7. The second kappa shape index (κ2) is 6.40. The number of aryl methyl sites for hydroxylation is 1. The van der Waals surface area contributed by atoms with Gasteiger partial charge in [0.05, 0.1) is 6.54 Å². The molecule has 0 saturated carbocycles. The number of hydrogen-bond donors (Lipinski definition) is 0. The van der Waals surface area contributed by atoms with Crippen molar-refractivity contribution in [3.8, 4) is 5.75 Å². The molecule has 126 valence electrons. The Balaban J connectivity index is 1.45. The van der Waals surface area contributed by atoms with E-state index in [1.807, 2.05) is 10.7 Å². The molecule has 1 aromatic heterocycles. The predicted molar refractivity (Wildman–Crippen MR) is 93.7 cm³/mol. The van der Waals surface area contributed by atoms with Gasteiger partial charge in [0.2, 0.25) is 0 Å². The largest absolute Gasteiger partial charge is 0.483 e. The number of aromatic nitrogens is 3. The molecule has 5 nitrogen and oxygen atoms in total. The summed E-state index contributed by atoms with van der Waals surface area (Å²) in [7, 11) is 0. The fourth-order valence-electron chi connectivity index (χ4n) is 3.69. The van der Waals surface area contributed by atoms with Gasteiger partial charge in [0.25, 0.3) is 0 Å². The van der Waals surface area contributed by atoms with Gasteiger partial charge in [0.15, 0.2) is 0 Å². The molecule has 1 fully saturated rings. The van der Waals surface area contributed by atoms with Gasteiger partial charge in [0.1, 0.15) is 23.5 Å². The minimum absolute atomic E-state index is 0.151. The Hall–Kier alpha value is -2.14. The highest BCUT2D eigenvalue weighted by atomic mass is 16.5. The third kappa shape index (κ3) is 2.96. The summed E-state index contributed by atoms with van der Waals surface area (Å²) in [5, 5.41) is 4.27. The Kier molecular flexibility index (Phi) is 4.10. The highest BCUT2D eigenvalue weighted by Crippen LogP contribution is 2.37. The molecule has 0 N–H and O–H groups in total. The summed E-state index contributed by atoms with van der Waals surface area (Å²) in [6.07, 6.45) is 9.36. The molecule has 1 spiro atoms. The number of rotatable bonds is 3. The first-order chi connectivity index (χ1) is 11.8.